The van der Waals surface area contributed by atoms with Crippen LogP contribution in [0.1, 0.15) is 25.0 Å². The van der Waals surface area contributed by atoms with Crippen LogP contribution in [-0.2, 0) is 9.53 Å². The molecule has 2 rings (SSSR count). The summed E-state index contributed by atoms with van der Waals surface area (Å²) in [5.41, 5.74) is 4.43. The molecule has 4 heteroatoms. The van der Waals surface area contributed by atoms with Crippen LogP contribution in [0, 0.1) is 18.3 Å². The molecule has 0 amide bonds. The fraction of sp³-hybridized carbons (Fsp3) is 0.263. The molecule has 0 saturated heterocycles. The third kappa shape index (κ3) is 3.70. The Morgan fingerprint density at radius 1 is 1.35 bits per heavy atom. The Morgan fingerprint density at radius 3 is 2.78 bits per heavy atom. The van der Waals surface area contributed by atoms with E-state index in [-0.39, 0.29) is 12.2 Å². The number of anilines is 1. The zero-order valence-corrected chi connectivity index (χ0v) is 13.7. The van der Waals surface area contributed by atoms with Gasteiger partial charge in [-0.15, -0.1) is 0 Å². The summed E-state index contributed by atoms with van der Waals surface area (Å²) in [6.45, 7) is 6.89. The number of ether oxygens (including phenoxy) is 1. The van der Waals surface area contributed by atoms with E-state index in [1.165, 1.54) is 17.2 Å². The lowest BCUT2D eigenvalue weighted by Crippen LogP contribution is -2.23. The molecule has 118 valence electrons. The van der Waals surface area contributed by atoms with E-state index >= 15 is 0 Å². The van der Waals surface area contributed by atoms with E-state index in [1.54, 1.807) is 13.0 Å². The van der Waals surface area contributed by atoms with E-state index in [0.717, 1.165) is 17.9 Å². The molecule has 0 bridgehead atoms. The number of rotatable bonds is 4. The van der Waals surface area contributed by atoms with Crippen molar-refractivity contribution in [2.24, 2.45) is 0 Å². The van der Waals surface area contributed by atoms with Crippen LogP contribution >= 0.6 is 0 Å². The predicted octanol–water partition coefficient (Wildman–Crippen LogP) is 3.75. The highest BCUT2D eigenvalue weighted by Gasteiger charge is 2.16. The Kier molecular flexibility index (Phi) is 5.37. The summed E-state index contributed by atoms with van der Waals surface area (Å²) < 4.78 is 4.87. The molecule has 0 saturated carbocycles. The van der Waals surface area contributed by atoms with Crippen LogP contribution in [0.3, 0.4) is 0 Å². The van der Waals surface area contributed by atoms with E-state index < -0.39 is 5.97 Å². The van der Waals surface area contributed by atoms with Gasteiger partial charge in [-0.1, -0.05) is 17.7 Å². The van der Waals surface area contributed by atoms with Crippen LogP contribution in [0.5, 0.6) is 0 Å². The van der Waals surface area contributed by atoms with E-state index in [2.05, 4.69) is 36.9 Å². The largest absolute Gasteiger partial charge is 0.462 e. The molecule has 1 heterocycles. The minimum absolute atomic E-state index is 0.00138. The number of esters is 1. The van der Waals surface area contributed by atoms with E-state index in [1.807, 2.05) is 18.2 Å². The zero-order valence-electron chi connectivity index (χ0n) is 13.7. The van der Waals surface area contributed by atoms with Crippen molar-refractivity contribution in [3.63, 3.8) is 0 Å². The Morgan fingerprint density at radius 2 is 2.13 bits per heavy atom. The first kappa shape index (κ1) is 16.6. The van der Waals surface area contributed by atoms with Crippen molar-refractivity contribution in [1.82, 2.24) is 0 Å². The highest BCUT2D eigenvalue weighted by atomic mass is 16.5. The monoisotopic (exact) mass is 308 g/mol. The third-order valence-electron chi connectivity index (χ3n) is 3.57. The lowest BCUT2D eigenvalue weighted by atomic mass is 10.0. The second-order valence-electron chi connectivity index (χ2n) is 5.14. The number of nitrogens with zero attached hydrogens (tertiary/aromatic N) is 2. The van der Waals surface area contributed by atoms with Crippen molar-refractivity contribution in [2.75, 3.05) is 18.1 Å². The number of carbonyl (C=O) groups excluding carboxylic acids is 1. The highest BCUT2D eigenvalue weighted by molar-refractivity contribution is 5.93. The summed E-state index contributed by atoms with van der Waals surface area (Å²) in [6, 6.07) is 8.19. The Balaban J connectivity index is 2.35. The zero-order chi connectivity index (χ0) is 16.8. The minimum atomic E-state index is -0.592. The molecular formula is C19H20N2O2. The molecule has 1 aliphatic rings. The van der Waals surface area contributed by atoms with Gasteiger partial charge in [0.15, 0.2) is 0 Å². The minimum Gasteiger partial charge on any atom is -0.462 e. The molecule has 0 fully saturated rings. The summed E-state index contributed by atoms with van der Waals surface area (Å²) in [4.78, 5) is 13.8. The molecular weight excluding hydrogens is 288 g/mol. The Bertz CT molecular complexity index is 736. The van der Waals surface area contributed by atoms with E-state index in [4.69, 9.17) is 10.00 Å². The number of nitriles is 1. The number of fused-ring (bicyclic) bond motifs is 1. The van der Waals surface area contributed by atoms with Crippen LogP contribution in [-0.4, -0.2) is 19.1 Å². The van der Waals surface area contributed by atoms with Gasteiger partial charge in [0, 0.05) is 17.9 Å². The van der Waals surface area contributed by atoms with Crippen LogP contribution in [0.2, 0.25) is 0 Å². The van der Waals surface area contributed by atoms with Crippen LogP contribution in [0.25, 0.3) is 6.08 Å². The van der Waals surface area contributed by atoms with Gasteiger partial charge in [0.25, 0.3) is 0 Å². The normalized spacial score (nSPS) is 15.3. The second kappa shape index (κ2) is 7.46. The SMILES string of the molecule is CCOC(=O)/C(C#N)=C\C=C1/C=Cc2cc(C)ccc2N1CC. The van der Waals surface area contributed by atoms with E-state index in [9.17, 15) is 4.79 Å². The predicted molar refractivity (Wildman–Crippen MR) is 91.6 cm³/mol. The number of hydrogen-bond acceptors (Lipinski definition) is 4. The lowest BCUT2D eigenvalue weighted by Gasteiger charge is -2.29. The molecule has 1 aromatic carbocycles. The van der Waals surface area contributed by atoms with Gasteiger partial charge in [0.2, 0.25) is 0 Å². The number of benzene rings is 1. The van der Waals surface area contributed by atoms with Gasteiger partial charge in [0.05, 0.1) is 6.61 Å². The van der Waals surface area contributed by atoms with Gasteiger partial charge in [-0.3, -0.25) is 0 Å². The van der Waals surface area contributed by atoms with Gasteiger partial charge in [0.1, 0.15) is 11.6 Å². The van der Waals surface area contributed by atoms with Crippen molar-refractivity contribution in [3.05, 3.63) is 58.8 Å². The maximum atomic E-state index is 11.7. The molecule has 23 heavy (non-hydrogen) atoms. The van der Waals surface area contributed by atoms with Crippen molar-refractivity contribution in [3.8, 4) is 6.07 Å². The molecule has 1 aromatic rings. The summed E-state index contributed by atoms with van der Waals surface area (Å²) in [5.74, 6) is -0.592. The van der Waals surface area contributed by atoms with Crippen LogP contribution in [0.4, 0.5) is 5.69 Å². The average Bonchev–Trinajstić information content (AvgIpc) is 2.55. The van der Waals surface area contributed by atoms with Gasteiger partial charge in [-0.2, -0.15) is 5.26 Å². The molecule has 0 spiro atoms. The molecule has 1 aliphatic heterocycles. The van der Waals surface area contributed by atoms with Crippen molar-refractivity contribution >= 4 is 17.7 Å². The molecule has 4 nitrogen and oxygen atoms in total. The standard InChI is InChI=1S/C19H20N2O2/c1-4-21-17(10-8-16(13-20)19(22)23-5-2)9-7-15-12-14(3)6-11-18(15)21/h6-12H,4-5H2,1-3H3/b16-8-,17-10+. The third-order valence-corrected chi connectivity index (χ3v) is 3.57. The number of hydrogen-bond donors (Lipinski definition) is 0. The smallest absolute Gasteiger partial charge is 0.348 e. The molecule has 0 aliphatic carbocycles. The molecule has 0 atom stereocenters. The van der Waals surface area contributed by atoms with Crippen LogP contribution in [0.15, 0.2) is 47.7 Å². The lowest BCUT2D eigenvalue weighted by molar-refractivity contribution is -0.138. The van der Waals surface area contributed by atoms with Crippen molar-refractivity contribution < 1.29 is 9.53 Å². The van der Waals surface area contributed by atoms with E-state index in [0.29, 0.717) is 0 Å². The second-order valence-corrected chi connectivity index (χ2v) is 5.14. The molecule has 0 radical (unpaired) electrons. The molecule has 0 unspecified atom stereocenters. The average molecular weight is 308 g/mol. The summed E-state index contributed by atoms with van der Waals surface area (Å²) >= 11 is 0. The Labute approximate surface area is 137 Å². The number of aryl methyl sites for hydroxylation is 1. The summed E-state index contributed by atoms with van der Waals surface area (Å²) in [7, 11) is 0. The first-order chi connectivity index (χ1) is 11.1. The maximum Gasteiger partial charge on any atom is 0.348 e. The summed E-state index contributed by atoms with van der Waals surface area (Å²) in [5, 5.41) is 9.08. The van der Waals surface area contributed by atoms with Gasteiger partial charge >= 0.3 is 5.97 Å². The number of carbonyl (C=O) groups is 1. The highest BCUT2D eigenvalue weighted by Crippen LogP contribution is 2.31. The van der Waals surface area contributed by atoms with Gasteiger partial charge in [-0.05, 0) is 56.7 Å². The maximum absolute atomic E-state index is 11.7. The number of allylic oxidation sites excluding steroid dienone is 3. The fourth-order valence-electron chi connectivity index (χ4n) is 2.48. The van der Waals surface area contributed by atoms with Crippen molar-refractivity contribution in [1.29, 1.82) is 5.26 Å². The topological polar surface area (TPSA) is 53.3 Å². The quantitative estimate of drug-likeness (QED) is 0.483. The van der Waals surface area contributed by atoms with Gasteiger partial charge in [-0.25, -0.2) is 4.79 Å². The van der Waals surface area contributed by atoms with Gasteiger partial charge < -0.3 is 9.64 Å². The fourth-order valence-corrected chi connectivity index (χ4v) is 2.48. The first-order valence-corrected chi connectivity index (χ1v) is 7.66. The molecule has 0 N–H and O–H groups in total. The number of likely N-dealkylation sites (N-methyl/N-ethyl adjacent to an activating group) is 1. The molecule has 0 aromatic heterocycles. The van der Waals surface area contributed by atoms with Crippen LogP contribution < -0.4 is 4.90 Å². The summed E-state index contributed by atoms with van der Waals surface area (Å²) in [6.07, 6.45) is 7.32. The first-order valence-electron chi connectivity index (χ1n) is 7.66. The Hall–Kier alpha value is -2.80. The van der Waals surface area contributed by atoms with Crippen molar-refractivity contribution in [2.45, 2.75) is 20.8 Å².